The lowest BCUT2D eigenvalue weighted by Gasteiger charge is -2.13. The molecule has 1 aliphatic rings. The zero-order valence-corrected chi connectivity index (χ0v) is 25.9. The van der Waals surface area contributed by atoms with Crippen LogP contribution in [0.4, 0.5) is 0 Å². The summed E-state index contributed by atoms with van der Waals surface area (Å²) in [4.78, 5) is 5.10. The fourth-order valence-electron chi connectivity index (χ4n) is 8.29. The molecular formula is C45H27N3. The van der Waals surface area contributed by atoms with Gasteiger partial charge in [0, 0.05) is 61.0 Å². The van der Waals surface area contributed by atoms with Gasteiger partial charge in [0.05, 0.1) is 27.8 Å². The number of nitrogens with zero attached hydrogens (tertiary/aromatic N) is 3. The third-order valence-corrected chi connectivity index (χ3v) is 10.3. The highest BCUT2D eigenvalue weighted by atomic mass is 15.0. The van der Waals surface area contributed by atoms with Crippen molar-refractivity contribution in [3.63, 3.8) is 0 Å². The van der Waals surface area contributed by atoms with Crippen molar-refractivity contribution >= 4 is 54.4 Å². The van der Waals surface area contributed by atoms with Gasteiger partial charge >= 0.3 is 0 Å². The van der Waals surface area contributed by atoms with Gasteiger partial charge in [-0.2, -0.15) is 0 Å². The van der Waals surface area contributed by atoms with Gasteiger partial charge in [-0.15, -0.1) is 0 Å². The largest absolute Gasteiger partial charge is 0.309 e. The second-order valence-electron chi connectivity index (χ2n) is 12.8. The van der Waals surface area contributed by atoms with Crippen LogP contribution in [0.1, 0.15) is 0 Å². The van der Waals surface area contributed by atoms with Crippen molar-refractivity contribution < 1.29 is 0 Å². The number of rotatable bonds is 3. The summed E-state index contributed by atoms with van der Waals surface area (Å²) in [6, 6.07) is 57.2. The molecule has 0 N–H and O–H groups in total. The summed E-state index contributed by atoms with van der Waals surface area (Å²) in [6.45, 7) is 0. The summed E-state index contributed by atoms with van der Waals surface area (Å²) in [5, 5.41) is 7.50. The monoisotopic (exact) mass is 609 g/mol. The van der Waals surface area contributed by atoms with Gasteiger partial charge in [-0.25, -0.2) is 0 Å². The van der Waals surface area contributed by atoms with Crippen LogP contribution in [0.15, 0.2) is 164 Å². The predicted molar refractivity (Wildman–Crippen MR) is 200 cm³/mol. The molecule has 0 atom stereocenters. The number of fused-ring (bicyclic) bond motifs is 9. The summed E-state index contributed by atoms with van der Waals surface area (Å²) >= 11 is 0. The van der Waals surface area contributed by atoms with Gasteiger partial charge < -0.3 is 9.13 Å². The van der Waals surface area contributed by atoms with Crippen LogP contribution < -0.4 is 0 Å². The normalized spacial score (nSPS) is 12.2. The molecule has 7 aromatic carbocycles. The quantitative estimate of drug-likeness (QED) is 0.195. The Morgan fingerprint density at radius 2 is 0.875 bits per heavy atom. The molecule has 10 aromatic rings. The molecule has 3 nitrogen and oxygen atoms in total. The minimum Gasteiger partial charge on any atom is -0.309 e. The molecule has 0 amide bonds. The Morgan fingerprint density at radius 1 is 0.354 bits per heavy atom. The summed E-state index contributed by atoms with van der Waals surface area (Å²) in [5.41, 5.74) is 14.3. The molecule has 0 unspecified atom stereocenters. The van der Waals surface area contributed by atoms with Crippen molar-refractivity contribution in [2.24, 2.45) is 0 Å². The molecule has 48 heavy (non-hydrogen) atoms. The molecule has 0 bridgehead atoms. The van der Waals surface area contributed by atoms with Crippen LogP contribution in [0.25, 0.3) is 99.3 Å². The molecule has 3 aromatic heterocycles. The second-order valence-corrected chi connectivity index (χ2v) is 12.8. The van der Waals surface area contributed by atoms with E-state index < -0.39 is 0 Å². The van der Waals surface area contributed by atoms with E-state index in [1.165, 1.54) is 76.6 Å². The Bertz CT molecular complexity index is 2880. The first kappa shape index (κ1) is 25.7. The lowest BCUT2D eigenvalue weighted by atomic mass is 9.99. The van der Waals surface area contributed by atoms with Crippen LogP contribution in [0.3, 0.4) is 0 Å². The third-order valence-electron chi connectivity index (χ3n) is 10.3. The molecule has 1 aliphatic carbocycles. The molecule has 11 rings (SSSR count). The first-order chi connectivity index (χ1) is 23.8. The highest BCUT2D eigenvalue weighted by molar-refractivity contribution is 6.18. The zero-order valence-electron chi connectivity index (χ0n) is 25.9. The second kappa shape index (κ2) is 9.54. The van der Waals surface area contributed by atoms with Crippen molar-refractivity contribution in [2.75, 3.05) is 0 Å². The molecule has 0 fully saturated rings. The van der Waals surface area contributed by atoms with Crippen LogP contribution in [0, 0.1) is 0 Å². The average molecular weight is 610 g/mol. The van der Waals surface area contributed by atoms with Gasteiger partial charge in [0.1, 0.15) is 0 Å². The molecule has 0 spiro atoms. The highest BCUT2D eigenvalue weighted by Crippen LogP contribution is 2.48. The van der Waals surface area contributed by atoms with Crippen LogP contribution in [0.2, 0.25) is 0 Å². The predicted octanol–water partition coefficient (Wildman–Crippen LogP) is 11.7. The molecule has 0 saturated carbocycles. The van der Waals surface area contributed by atoms with Gasteiger partial charge in [0.2, 0.25) is 0 Å². The molecule has 0 aliphatic heterocycles. The molecule has 222 valence electrons. The van der Waals surface area contributed by atoms with Crippen molar-refractivity contribution in [1.29, 1.82) is 0 Å². The maximum absolute atomic E-state index is 5.10. The standard InChI is InChI=1S/C45H27N3/c1-2-14-32-31(13-1)36-18-10-19-37-44(36)39(32)27-46-45(37)28-11-9-12-29(25-28)47-42-22-8-5-17-35(42)38-26-30(23-24-43(38)47)48-40-20-6-3-15-33(40)34-16-4-7-21-41(34)48/h1-27H. The lowest BCUT2D eigenvalue weighted by Crippen LogP contribution is -1.96. The average Bonchev–Trinajstić information content (AvgIpc) is 3.78. The summed E-state index contributed by atoms with van der Waals surface area (Å²) < 4.78 is 4.80. The van der Waals surface area contributed by atoms with Crippen LogP contribution in [0.5, 0.6) is 0 Å². The molecular weight excluding hydrogens is 583 g/mol. The van der Waals surface area contributed by atoms with Crippen LogP contribution in [-0.2, 0) is 0 Å². The van der Waals surface area contributed by atoms with Crippen LogP contribution >= 0.6 is 0 Å². The van der Waals surface area contributed by atoms with Gasteiger partial charge in [0.25, 0.3) is 0 Å². The summed E-state index contributed by atoms with van der Waals surface area (Å²) in [6.07, 6.45) is 2.07. The van der Waals surface area contributed by atoms with E-state index in [9.17, 15) is 0 Å². The summed E-state index contributed by atoms with van der Waals surface area (Å²) in [7, 11) is 0. The Hall–Kier alpha value is -6.45. The maximum Gasteiger partial charge on any atom is 0.0781 e. The third kappa shape index (κ3) is 3.40. The Kier molecular flexibility index (Phi) is 5.11. The molecule has 3 heterocycles. The van der Waals surface area contributed by atoms with E-state index in [1.54, 1.807) is 0 Å². The minimum absolute atomic E-state index is 1.01. The molecule has 0 radical (unpaired) electrons. The SMILES string of the molecule is c1cc(-c2ncc3c4c(cccc24)-c2ccccc2-3)cc(-n2c3ccccc3c3cc(-n4c5ccccc5c5ccccc54)ccc32)c1. The van der Waals surface area contributed by atoms with Crippen molar-refractivity contribution in [3.05, 3.63) is 164 Å². The van der Waals surface area contributed by atoms with E-state index in [0.29, 0.717) is 0 Å². The van der Waals surface area contributed by atoms with Gasteiger partial charge in [0.15, 0.2) is 0 Å². The number of aromatic nitrogens is 3. The lowest BCUT2D eigenvalue weighted by molar-refractivity contribution is 1.16. The van der Waals surface area contributed by atoms with E-state index >= 15 is 0 Å². The number of hydrogen-bond acceptors (Lipinski definition) is 1. The number of pyridine rings is 1. The van der Waals surface area contributed by atoms with Crippen molar-refractivity contribution in [2.45, 2.75) is 0 Å². The fourth-order valence-corrected chi connectivity index (χ4v) is 8.29. The van der Waals surface area contributed by atoms with Gasteiger partial charge in [-0.3, -0.25) is 4.98 Å². The Balaban J connectivity index is 1.12. The molecule has 0 saturated heterocycles. The van der Waals surface area contributed by atoms with Crippen LogP contribution in [-0.4, -0.2) is 14.1 Å². The van der Waals surface area contributed by atoms with E-state index in [4.69, 9.17) is 4.98 Å². The first-order valence-corrected chi connectivity index (χ1v) is 16.5. The summed E-state index contributed by atoms with van der Waals surface area (Å²) in [5.74, 6) is 0. The number of hydrogen-bond donors (Lipinski definition) is 0. The Labute approximate surface area is 276 Å². The number of benzene rings is 7. The van der Waals surface area contributed by atoms with Gasteiger partial charge in [-0.1, -0.05) is 109 Å². The number of para-hydroxylation sites is 3. The van der Waals surface area contributed by atoms with Gasteiger partial charge in [-0.05, 0) is 65.2 Å². The van der Waals surface area contributed by atoms with E-state index in [2.05, 4.69) is 173 Å². The molecule has 3 heteroatoms. The zero-order chi connectivity index (χ0) is 31.3. The topological polar surface area (TPSA) is 22.8 Å². The minimum atomic E-state index is 1.01. The first-order valence-electron chi connectivity index (χ1n) is 16.5. The van der Waals surface area contributed by atoms with Crippen molar-refractivity contribution in [1.82, 2.24) is 14.1 Å². The fraction of sp³-hybridized carbons (Fsp3) is 0. The smallest absolute Gasteiger partial charge is 0.0781 e. The Morgan fingerprint density at radius 3 is 1.58 bits per heavy atom. The highest BCUT2D eigenvalue weighted by Gasteiger charge is 2.23. The maximum atomic E-state index is 5.10. The van der Waals surface area contributed by atoms with E-state index in [1.807, 2.05) is 0 Å². The van der Waals surface area contributed by atoms with E-state index in [-0.39, 0.29) is 0 Å². The van der Waals surface area contributed by atoms with E-state index in [0.717, 1.165) is 22.6 Å². The van der Waals surface area contributed by atoms with Crippen molar-refractivity contribution in [3.8, 4) is 44.9 Å².